The molecule has 1 atom stereocenters. The monoisotopic (exact) mass is 234 g/mol. The van der Waals surface area contributed by atoms with Crippen LogP contribution in [0.2, 0.25) is 0 Å². The van der Waals surface area contributed by atoms with E-state index in [1.807, 2.05) is 19.2 Å². The second-order valence-corrected chi connectivity index (χ2v) is 4.19. The highest BCUT2D eigenvalue weighted by atomic mass is 16.2. The predicted molar refractivity (Wildman–Crippen MR) is 67.0 cm³/mol. The highest BCUT2D eigenvalue weighted by molar-refractivity contribution is 5.85. The zero-order valence-corrected chi connectivity index (χ0v) is 10.2. The van der Waals surface area contributed by atoms with E-state index in [9.17, 15) is 4.79 Å². The van der Waals surface area contributed by atoms with Crippen molar-refractivity contribution in [3.8, 4) is 0 Å². The summed E-state index contributed by atoms with van der Waals surface area (Å²) in [5, 5.41) is 5.97. The molecule has 17 heavy (non-hydrogen) atoms. The molecule has 5 heteroatoms. The lowest BCUT2D eigenvalue weighted by atomic mass is 10.1. The highest BCUT2D eigenvalue weighted by Gasteiger charge is 2.28. The number of anilines is 1. The van der Waals surface area contributed by atoms with Crippen LogP contribution in [0.4, 0.5) is 5.69 Å². The first-order chi connectivity index (χ1) is 8.24. The van der Waals surface area contributed by atoms with Gasteiger partial charge in [0.25, 0.3) is 0 Å². The van der Waals surface area contributed by atoms with E-state index < -0.39 is 0 Å². The van der Waals surface area contributed by atoms with Crippen LogP contribution in [0, 0.1) is 6.92 Å². The van der Waals surface area contributed by atoms with E-state index in [0.717, 1.165) is 24.3 Å². The number of carbonyl (C=O) groups is 1. The third-order valence-electron chi connectivity index (χ3n) is 3.09. The van der Waals surface area contributed by atoms with Crippen LogP contribution >= 0.6 is 0 Å². The van der Waals surface area contributed by atoms with Gasteiger partial charge in [0.05, 0.1) is 0 Å². The molecule has 0 radical (unpaired) electrons. The summed E-state index contributed by atoms with van der Waals surface area (Å²) >= 11 is 0. The van der Waals surface area contributed by atoms with Crippen molar-refractivity contribution in [1.29, 1.82) is 0 Å². The number of aromatic nitrogens is 1. The zero-order valence-electron chi connectivity index (χ0n) is 10.2. The molecule has 0 spiro atoms. The fourth-order valence-electron chi connectivity index (χ4n) is 2.18. The molecule has 2 rings (SSSR count). The maximum absolute atomic E-state index is 11.9. The van der Waals surface area contributed by atoms with E-state index in [1.165, 1.54) is 0 Å². The molecule has 1 fully saturated rings. The summed E-state index contributed by atoms with van der Waals surface area (Å²) < 4.78 is 0. The topological polar surface area (TPSA) is 57.3 Å². The Labute approximate surface area is 101 Å². The molecule has 0 aromatic carbocycles. The quantitative estimate of drug-likeness (QED) is 0.751. The lowest BCUT2D eigenvalue weighted by Gasteiger charge is -2.37. The van der Waals surface area contributed by atoms with Crippen molar-refractivity contribution in [3.63, 3.8) is 0 Å². The second kappa shape index (κ2) is 5.14. The van der Waals surface area contributed by atoms with Crippen LogP contribution in [0.15, 0.2) is 18.5 Å². The van der Waals surface area contributed by atoms with Crippen molar-refractivity contribution in [2.75, 3.05) is 31.6 Å². The fraction of sp³-hybridized carbons (Fsp3) is 0.500. The van der Waals surface area contributed by atoms with Gasteiger partial charge in [0.2, 0.25) is 5.91 Å². The van der Waals surface area contributed by atoms with Gasteiger partial charge in [-0.2, -0.15) is 0 Å². The summed E-state index contributed by atoms with van der Waals surface area (Å²) in [6.45, 7) is 4.44. The van der Waals surface area contributed by atoms with Gasteiger partial charge in [0, 0.05) is 44.8 Å². The molecule has 5 nitrogen and oxygen atoms in total. The Kier molecular flexibility index (Phi) is 3.58. The van der Waals surface area contributed by atoms with Crippen molar-refractivity contribution in [3.05, 3.63) is 24.0 Å². The Hall–Kier alpha value is -1.62. The van der Waals surface area contributed by atoms with E-state index in [0.29, 0.717) is 6.54 Å². The van der Waals surface area contributed by atoms with Crippen LogP contribution in [0.5, 0.6) is 0 Å². The van der Waals surface area contributed by atoms with Crippen LogP contribution in [-0.4, -0.2) is 43.6 Å². The Morgan fingerprint density at radius 3 is 3.18 bits per heavy atom. The average Bonchev–Trinajstić information content (AvgIpc) is 2.38. The maximum atomic E-state index is 11.9. The number of pyridine rings is 1. The molecule has 1 aliphatic rings. The van der Waals surface area contributed by atoms with Crippen LogP contribution in [0.1, 0.15) is 5.56 Å². The minimum absolute atomic E-state index is 0.0495. The van der Waals surface area contributed by atoms with Crippen LogP contribution in [0.3, 0.4) is 0 Å². The van der Waals surface area contributed by atoms with Crippen molar-refractivity contribution < 1.29 is 4.79 Å². The number of rotatable bonds is 2. The van der Waals surface area contributed by atoms with E-state index in [-0.39, 0.29) is 11.9 Å². The molecule has 1 aromatic rings. The van der Waals surface area contributed by atoms with E-state index >= 15 is 0 Å². The molecule has 0 aliphatic carbocycles. The van der Waals surface area contributed by atoms with Gasteiger partial charge in [-0.1, -0.05) is 0 Å². The molecular weight excluding hydrogens is 216 g/mol. The summed E-state index contributed by atoms with van der Waals surface area (Å²) in [6, 6.07) is 1.83. The smallest absolute Gasteiger partial charge is 0.243 e. The second-order valence-electron chi connectivity index (χ2n) is 4.19. The summed E-state index contributed by atoms with van der Waals surface area (Å²) in [7, 11) is 1.68. The van der Waals surface area contributed by atoms with Crippen LogP contribution < -0.4 is 15.5 Å². The Bertz CT molecular complexity index is 407. The van der Waals surface area contributed by atoms with Crippen molar-refractivity contribution in [2.45, 2.75) is 13.0 Å². The number of hydrogen-bond donors (Lipinski definition) is 2. The number of amides is 1. The molecule has 1 saturated heterocycles. The average molecular weight is 234 g/mol. The fourth-order valence-corrected chi connectivity index (χ4v) is 2.18. The minimum Gasteiger partial charge on any atom is -0.357 e. The number of piperazine rings is 1. The van der Waals surface area contributed by atoms with Crippen molar-refractivity contribution in [1.82, 2.24) is 15.6 Å². The molecule has 2 heterocycles. The van der Waals surface area contributed by atoms with Crippen LogP contribution in [0.25, 0.3) is 0 Å². The Morgan fingerprint density at radius 2 is 2.47 bits per heavy atom. The van der Waals surface area contributed by atoms with E-state index in [4.69, 9.17) is 0 Å². The largest absolute Gasteiger partial charge is 0.357 e. The van der Waals surface area contributed by atoms with Crippen LogP contribution in [-0.2, 0) is 4.79 Å². The summed E-state index contributed by atoms with van der Waals surface area (Å²) in [5.74, 6) is 0.0495. The lowest BCUT2D eigenvalue weighted by Crippen LogP contribution is -2.57. The molecule has 1 aromatic heterocycles. The summed E-state index contributed by atoms with van der Waals surface area (Å²) in [5.41, 5.74) is 2.19. The first kappa shape index (κ1) is 11.9. The molecule has 0 saturated carbocycles. The van der Waals surface area contributed by atoms with Gasteiger partial charge < -0.3 is 15.5 Å². The number of aryl methyl sites for hydroxylation is 1. The van der Waals surface area contributed by atoms with E-state index in [2.05, 4.69) is 20.5 Å². The number of carbonyl (C=O) groups excluding carboxylic acids is 1. The molecule has 92 valence electrons. The number of nitrogens with zero attached hydrogens (tertiary/aromatic N) is 2. The van der Waals surface area contributed by atoms with Crippen molar-refractivity contribution in [2.24, 2.45) is 0 Å². The molecular formula is C12H18N4O. The Balaban J connectivity index is 2.28. The molecule has 2 N–H and O–H groups in total. The van der Waals surface area contributed by atoms with Crippen molar-refractivity contribution >= 4 is 11.6 Å². The molecule has 0 bridgehead atoms. The van der Waals surface area contributed by atoms with E-state index in [1.54, 1.807) is 13.2 Å². The normalized spacial score (nSPS) is 20.1. The molecule has 1 aliphatic heterocycles. The SMILES string of the molecule is CNC(=O)C1CNCCN1c1ccncc1C. The third-order valence-corrected chi connectivity index (χ3v) is 3.09. The first-order valence-electron chi connectivity index (χ1n) is 5.83. The predicted octanol–water partition coefficient (Wildman–Crippen LogP) is -0.0858. The zero-order chi connectivity index (χ0) is 12.3. The van der Waals surface area contributed by atoms with Gasteiger partial charge in [-0.3, -0.25) is 9.78 Å². The van der Waals surface area contributed by atoms with Gasteiger partial charge in [-0.05, 0) is 18.6 Å². The highest BCUT2D eigenvalue weighted by Crippen LogP contribution is 2.21. The molecule has 1 unspecified atom stereocenters. The first-order valence-corrected chi connectivity index (χ1v) is 5.83. The summed E-state index contributed by atoms with van der Waals surface area (Å²) in [4.78, 5) is 18.1. The van der Waals surface area contributed by atoms with Gasteiger partial charge in [0.15, 0.2) is 0 Å². The van der Waals surface area contributed by atoms with Gasteiger partial charge in [-0.25, -0.2) is 0 Å². The maximum Gasteiger partial charge on any atom is 0.243 e. The number of nitrogens with one attached hydrogen (secondary N) is 2. The lowest BCUT2D eigenvalue weighted by molar-refractivity contribution is -0.122. The standard InChI is InChI=1S/C12H18N4O/c1-9-7-14-4-3-10(9)16-6-5-15-8-11(16)12(17)13-2/h3-4,7,11,15H,5-6,8H2,1-2H3,(H,13,17). The number of hydrogen-bond acceptors (Lipinski definition) is 4. The Morgan fingerprint density at radius 1 is 1.65 bits per heavy atom. The third kappa shape index (κ3) is 2.39. The van der Waals surface area contributed by atoms with Gasteiger partial charge >= 0.3 is 0 Å². The summed E-state index contributed by atoms with van der Waals surface area (Å²) in [6.07, 6.45) is 3.60. The minimum atomic E-state index is -0.144. The van der Waals surface area contributed by atoms with Gasteiger partial charge in [0.1, 0.15) is 6.04 Å². The molecule has 1 amide bonds. The number of likely N-dealkylation sites (N-methyl/N-ethyl adjacent to an activating group) is 1. The van der Waals surface area contributed by atoms with Gasteiger partial charge in [-0.15, -0.1) is 0 Å².